The van der Waals surface area contributed by atoms with Crippen molar-refractivity contribution in [2.45, 2.75) is 13.8 Å². The lowest BCUT2D eigenvalue weighted by Gasteiger charge is -2.13. The molecule has 0 fully saturated rings. The van der Waals surface area contributed by atoms with E-state index in [0.29, 0.717) is 0 Å². The van der Waals surface area contributed by atoms with E-state index in [1.165, 1.54) is 0 Å². The van der Waals surface area contributed by atoms with Crippen molar-refractivity contribution in [2.24, 2.45) is 0 Å². The highest BCUT2D eigenvalue weighted by molar-refractivity contribution is 5.97. The molecule has 0 aliphatic heterocycles. The van der Waals surface area contributed by atoms with Gasteiger partial charge in [-0.3, -0.25) is 0 Å². The molecule has 2 nitrogen and oxygen atoms in total. The summed E-state index contributed by atoms with van der Waals surface area (Å²) in [6, 6.07) is 0. The van der Waals surface area contributed by atoms with E-state index in [0.717, 1.165) is 13.1 Å². The summed E-state index contributed by atoms with van der Waals surface area (Å²) in [6.07, 6.45) is 0. The van der Waals surface area contributed by atoms with Crippen molar-refractivity contribution in [3.05, 3.63) is 0 Å². The van der Waals surface area contributed by atoms with Crippen molar-refractivity contribution < 1.29 is 4.53 Å². The van der Waals surface area contributed by atoms with Gasteiger partial charge in [-0.25, -0.2) is 5.06 Å². The van der Waals surface area contributed by atoms with E-state index in [-0.39, 0.29) is 0 Å². The first-order chi connectivity index (χ1) is 3.35. The maximum atomic E-state index is 4.69. The molecule has 0 aromatic carbocycles. The van der Waals surface area contributed by atoms with Gasteiger partial charge in [0.05, 0.1) is 0 Å². The molecule has 0 aliphatic rings. The molecule has 0 amide bonds. The van der Waals surface area contributed by atoms with Crippen LogP contribution in [0, 0.1) is 0 Å². The van der Waals surface area contributed by atoms with E-state index < -0.39 is 0 Å². The molecule has 7 heavy (non-hydrogen) atoms. The van der Waals surface area contributed by atoms with Crippen molar-refractivity contribution in [3.63, 3.8) is 0 Å². The summed E-state index contributed by atoms with van der Waals surface area (Å²) in [7, 11) is 2.91. The monoisotopic (exact) mass is 116 g/mol. The highest BCUT2D eigenvalue weighted by Gasteiger charge is 1.89. The van der Waals surface area contributed by atoms with Gasteiger partial charge in [0.15, 0.2) is 0 Å². The molecule has 0 saturated heterocycles. The van der Waals surface area contributed by atoms with Gasteiger partial charge in [0.25, 0.3) is 10.5 Å². The summed E-state index contributed by atoms with van der Waals surface area (Å²) in [6.45, 7) is 5.90. The van der Waals surface area contributed by atoms with Crippen LogP contribution in [0.4, 0.5) is 0 Å². The molecule has 0 aromatic heterocycles. The highest BCUT2D eigenvalue weighted by atomic mass is 28.2. The molecule has 41 valence electrons. The minimum absolute atomic E-state index is 0.917. The second kappa shape index (κ2) is 4.30. The van der Waals surface area contributed by atoms with Gasteiger partial charge in [0, 0.05) is 13.1 Å². The van der Waals surface area contributed by atoms with Gasteiger partial charge >= 0.3 is 0 Å². The van der Waals surface area contributed by atoms with Crippen LogP contribution in [0.3, 0.4) is 0 Å². The maximum absolute atomic E-state index is 4.69. The van der Waals surface area contributed by atoms with Crippen molar-refractivity contribution in [1.82, 2.24) is 5.06 Å². The van der Waals surface area contributed by atoms with E-state index >= 15 is 0 Å². The third kappa shape index (κ3) is 2.79. The van der Waals surface area contributed by atoms with Crippen LogP contribution in [0.1, 0.15) is 13.8 Å². The normalized spacial score (nSPS) is 10.3. The third-order valence-corrected chi connectivity index (χ3v) is 1.09. The smallest absolute Gasteiger partial charge is 0.281 e. The van der Waals surface area contributed by atoms with Crippen LogP contribution in [0.15, 0.2) is 0 Å². The Morgan fingerprint density at radius 2 is 1.86 bits per heavy atom. The lowest BCUT2D eigenvalue weighted by molar-refractivity contribution is -0.0409. The lowest BCUT2D eigenvalue weighted by Crippen LogP contribution is -2.21. The maximum Gasteiger partial charge on any atom is 0.281 e. The van der Waals surface area contributed by atoms with E-state index in [1.54, 1.807) is 5.06 Å². The van der Waals surface area contributed by atoms with Crippen LogP contribution < -0.4 is 0 Å². The fourth-order valence-corrected chi connectivity index (χ4v) is 0.611. The Labute approximate surface area is 48.0 Å². The molecule has 0 aliphatic carbocycles. The first-order valence-electron chi connectivity index (χ1n) is 2.43. The minimum atomic E-state index is 0.917. The zero-order chi connectivity index (χ0) is 5.70. The molecule has 3 radical (unpaired) electrons. The van der Waals surface area contributed by atoms with E-state index in [4.69, 9.17) is 0 Å². The Kier molecular flexibility index (Phi) is 4.38. The molecule has 0 saturated carbocycles. The molecule has 0 N–H and O–H groups in total. The fraction of sp³-hybridized carbons (Fsp3) is 1.00. The second-order valence-corrected chi connectivity index (χ2v) is 1.39. The van der Waals surface area contributed by atoms with Crippen molar-refractivity contribution in [3.8, 4) is 0 Å². The summed E-state index contributed by atoms with van der Waals surface area (Å²) in [5.41, 5.74) is 0. The Balaban J connectivity index is 2.99. The summed E-state index contributed by atoms with van der Waals surface area (Å²) >= 11 is 0. The minimum Gasteiger partial charge on any atom is -0.345 e. The lowest BCUT2D eigenvalue weighted by atomic mass is 10.6. The van der Waals surface area contributed by atoms with Crippen LogP contribution >= 0.6 is 0 Å². The molecule has 0 unspecified atom stereocenters. The molecular weight excluding hydrogens is 106 g/mol. The van der Waals surface area contributed by atoms with Gasteiger partial charge in [-0.05, 0) is 0 Å². The van der Waals surface area contributed by atoms with E-state index in [1.807, 2.05) is 13.8 Å². The first kappa shape index (κ1) is 7.14. The summed E-state index contributed by atoms with van der Waals surface area (Å²) in [5.74, 6) is 0. The predicted molar refractivity (Wildman–Crippen MR) is 29.8 cm³/mol. The van der Waals surface area contributed by atoms with Crippen LogP contribution in [0.25, 0.3) is 0 Å². The molecule has 0 aromatic rings. The molecular formula is C4H10NOSi. The standard InChI is InChI=1S/C4H10NOSi/c1-3-5(4-2)6-7/h3-4H2,1-2H3. The quantitative estimate of drug-likeness (QED) is 0.389. The summed E-state index contributed by atoms with van der Waals surface area (Å²) in [5, 5.41) is 1.79. The molecule has 3 heteroatoms. The largest absolute Gasteiger partial charge is 0.345 e. The summed E-state index contributed by atoms with van der Waals surface area (Å²) < 4.78 is 4.69. The molecule has 0 atom stereocenters. The van der Waals surface area contributed by atoms with E-state index in [9.17, 15) is 0 Å². The van der Waals surface area contributed by atoms with Crippen LogP contribution in [0.2, 0.25) is 0 Å². The van der Waals surface area contributed by atoms with E-state index in [2.05, 4.69) is 15.0 Å². The number of nitrogens with zero attached hydrogens (tertiary/aromatic N) is 1. The molecule has 0 spiro atoms. The van der Waals surface area contributed by atoms with Gasteiger partial charge < -0.3 is 4.53 Å². The van der Waals surface area contributed by atoms with Crippen molar-refractivity contribution in [1.29, 1.82) is 0 Å². The average Bonchev–Trinajstić information content (AvgIpc) is 1.72. The zero-order valence-corrected chi connectivity index (χ0v) is 5.77. The fourth-order valence-electron chi connectivity index (χ4n) is 0.353. The van der Waals surface area contributed by atoms with Gasteiger partial charge in [-0.15, -0.1) is 0 Å². The molecule has 0 bridgehead atoms. The van der Waals surface area contributed by atoms with Crippen molar-refractivity contribution in [2.75, 3.05) is 13.1 Å². The molecule has 0 heterocycles. The van der Waals surface area contributed by atoms with Crippen LogP contribution in [-0.2, 0) is 4.53 Å². The van der Waals surface area contributed by atoms with Crippen LogP contribution in [0.5, 0.6) is 0 Å². The number of hydroxylamine groups is 2. The number of rotatable bonds is 3. The Bertz CT molecular complexity index is 33.2. The van der Waals surface area contributed by atoms with Crippen LogP contribution in [-0.4, -0.2) is 28.6 Å². The van der Waals surface area contributed by atoms with Gasteiger partial charge in [0.2, 0.25) is 0 Å². The second-order valence-electron chi connectivity index (χ2n) is 1.21. The zero-order valence-electron chi connectivity index (χ0n) is 4.77. The number of hydrogen-bond donors (Lipinski definition) is 0. The van der Waals surface area contributed by atoms with Gasteiger partial charge in [-0.2, -0.15) is 0 Å². The topological polar surface area (TPSA) is 12.5 Å². The Morgan fingerprint density at radius 3 is 1.86 bits per heavy atom. The third-order valence-electron chi connectivity index (χ3n) is 0.835. The molecule has 0 rings (SSSR count). The predicted octanol–water partition coefficient (Wildman–Crippen LogP) is 0.343. The SMILES string of the molecule is CCN(CC)O[Si]. The average molecular weight is 116 g/mol. The first-order valence-corrected chi connectivity index (χ1v) is 2.84. The Morgan fingerprint density at radius 1 is 1.43 bits per heavy atom. The summed E-state index contributed by atoms with van der Waals surface area (Å²) in [4.78, 5) is 0. The highest BCUT2D eigenvalue weighted by Crippen LogP contribution is 1.81. The van der Waals surface area contributed by atoms with Gasteiger partial charge in [0.1, 0.15) is 0 Å². The Hall–Kier alpha value is 0.137. The van der Waals surface area contributed by atoms with Crippen molar-refractivity contribution >= 4 is 10.5 Å². The van der Waals surface area contributed by atoms with Gasteiger partial charge in [-0.1, -0.05) is 13.8 Å². The number of hydrogen-bond acceptors (Lipinski definition) is 2.